The molecule has 1 fully saturated rings. The Morgan fingerprint density at radius 2 is 1.93 bits per heavy atom. The Hall–Kier alpha value is -0.0800. The highest BCUT2D eigenvalue weighted by molar-refractivity contribution is 4.81. The zero-order chi connectivity index (χ0) is 11.1. The van der Waals surface area contributed by atoms with E-state index in [-0.39, 0.29) is 12.6 Å². The number of aliphatic hydroxyl groups is 1. The Morgan fingerprint density at radius 1 is 1.27 bits per heavy atom. The second kappa shape index (κ2) is 7.24. The van der Waals surface area contributed by atoms with Gasteiger partial charge in [-0.3, -0.25) is 0 Å². The number of aliphatic hydroxyl groups excluding tert-OH is 1. The van der Waals surface area contributed by atoms with Crippen molar-refractivity contribution < 1.29 is 5.11 Å². The molecule has 2 N–H and O–H groups in total. The molecular formula is C13H27NO. The van der Waals surface area contributed by atoms with Crippen LogP contribution in [0.2, 0.25) is 0 Å². The highest BCUT2D eigenvalue weighted by Gasteiger charge is 2.23. The van der Waals surface area contributed by atoms with E-state index in [2.05, 4.69) is 19.2 Å². The molecule has 0 aliphatic heterocycles. The van der Waals surface area contributed by atoms with Gasteiger partial charge in [0.2, 0.25) is 0 Å². The van der Waals surface area contributed by atoms with Crippen LogP contribution in [0.15, 0.2) is 0 Å². The summed E-state index contributed by atoms with van der Waals surface area (Å²) in [5.74, 6) is 0.854. The van der Waals surface area contributed by atoms with E-state index in [1.165, 1.54) is 44.9 Å². The minimum Gasteiger partial charge on any atom is -0.395 e. The van der Waals surface area contributed by atoms with Crippen molar-refractivity contribution in [2.24, 2.45) is 5.92 Å². The zero-order valence-electron chi connectivity index (χ0n) is 10.3. The van der Waals surface area contributed by atoms with Crippen LogP contribution in [0.4, 0.5) is 0 Å². The van der Waals surface area contributed by atoms with Gasteiger partial charge in [0.15, 0.2) is 0 Å². The minimum absolute atomic E-state index is 0.253. The Labute approximate surface area is 94.5 Å². The summed E-state index contributed by atoms with van der Waals surface area (Å²) in [6.45, 7) is 4.58. The highest BCUT2D eigenvalue weighted by atomic mass is 16.3. The summed E-state index contributed by atoms with van der Waals surface area (Å²) >= 11 is 0. The molecule has 0 aromatic heterocycles. The van der Waals surface area contributed by atoms with E-state index in [1.54, 1.807) is 0 Å². The fourth-order valence-corrected chi connectivity index (χ4v) is 2.72. The van der Waals surface area contributed by atoms with Gasteiger partial charge in [0.05, 0.1) is 6.61 Å². The van der Waals surface area contributed by atoms with Crippen molar-refractivity contribution >= 4 is 0 Å². The summed E-state index contributed by atoms with van der Waals surface area (Å²) in [6, 6.07) is 0.890. The van der Waals surface area contributed by atoms with Gasteiger partial charge in [0.25, 0.3) is 0 Å². The lowest BCUT2D eigenvalue weighted by molar-refractivity contribution is 0.197. The van der Waals surface area contributed by atoms with E-state index < -0.39 is 0 Å². The van der Waals surface area contributed by atoms with Crippen LogP contribution in [0, 0.1) is 5.92 Å². The van der Waals surface area contributed by atoms with Crippen LogP contribution in [-0.4, -0.2) is 23.8 Å². The first-order valence-electron chi connectivity index (χ1n) is 6.64. The molecule has 2 unspecified atom stereocenters. The van der Waals surface area contributed by atoms with E-state index in [0.29, 0.717) is 6.04 Å². The normalized spacial score (nSPS) is 22.6. The fraction of sp³-hybridized carbons (Fsp3) is 1.00. The van der Waals surface area contributed by atoms with Crippen molar-refractivity contribution in [2.45, 2.75) is 70.9 Å². The van der Waals surface area contributed by atoms with Crippen LogP contribution < -0.4 is 5.32 Å². The van der Waals surface area contributed by atoms with Gasteiger partial charge in [-0.25, -0.2) is 0 Å². The first-order valence-corrected chi connectivity index (χ1v) is 6.64. The van der Waals surface area contributed by atoms with Gasteiger partial charge >= 0.3 is 0 Å². The Bertz CT molecular complexity index is 155. The lowest BCUT2D eigenvalue weighted by Gasteiger charge is -2.32. The summed E-state index contributed by atoms with van der Waals surface area (Å²) in [7, 11) is 0. The van der Waals surface area contributed by atoms with Gasteiger partial charge in [-0.05, 0) is 32.1 Å². The lowest BCUT2D eigenvalue weighted by Crippen LogP contribution is -2.43. The molecule has 0 spiro atoms. The first kappa shape index (κ1) is 13.0. The van der Waals surface area contributed by atoms with E-state index in [0.717, 1.165) is 5.92 Å². The monoisotopic (exact) mass is 213 g/mol. The van der Waals surface area contributed by atoms with E-state index in [4.69, 9.17) is 5.11 Å². The van der Waals surface area contributed by atoms with Crippen molar-refractivity contribution in [3.63, 3.8) is 0 Å². The highest BCUT2D eigenvalue weighted by Crippen LogP contribution is 2.28. The molecule has 2 atom stereocenters. The maximum absolute atomic E-state index is 9.09. The molecule has 90 valence electrons. The maximum Gasteiger partial charge on any atom is 0.0582 e. The third kappa shape index (κ3) is 4.52. The summed E-state index contributed by atoms with van der Waals surface area (Å²) < 4.78 is 0. The van der Waals surface area contributed by atoms with E-state index in [9.17, 15) is 0 Å². The number of nitrogens with one attached hydrogen (secondary N) is 1. The molecule has 1 aliphatic rings. The predicted molar refractivity (Wildman–Crippen MR) is 65.0 cm³/mol. The zero-order valence-corrected chi connectivity index (χ0v) is 10.3. The van der Waals surface area contributed by atoms with Crippen molar-refractivity contribution in [2.75, 3.05) is 6.61 Å². The fourth-order valence-electron chi connectivity index (χ4n) is 2.72. The molecule has 0 bridgehead atoms. The quantitative estimate of drug-likeness (QED) is 0.711. The van der Waals surface area contributed by atoms with Gasteiger partial charge in [-0.1, -0.05) is 32.6 Å². The van der Waals surface area contributed by atoms with E-state index in [1.807, 2.05) is 0 Å². The molecule has 0 saturated heterocycles. The number of hydrogen-bond acceptors (Lipinski definition) is 2. The third-order valence-corrected chi connectivity index (χ3v) is 3.59. The molecule has 1 rings (SSSR count). The molecule has 1 aliphatic carbocycles. The van der Waals surface area contributed by atoms with Gasteiger partial charge in [0, 0.05) is 12.1 Å². The smallest absolute Gasteiger partial charge is 0.0582 e. The van der Waals surface area contributed by atoms with Crippen molar-refractivity contribution in [1.29, 1.82) is 0 Å². The van der Waals surface area contributed by atoms with Crippen LogP contribution in [0.5, 0.6) is 0 Å². The average Bonchev–Trinajstić information content (AvgIpc) is 2.29. The molecule has 0 aromatic rings. The van der Waals surface area contributed by atoms with Gasteiger partial charge in [-0.2, -0.15) is 0 Å². The molecule has 0 amide bonds. The topological polar surface area (TPSA) is 32.3 Å². The summed E-state index contributed by atoms with van der Waals surface area (Å²) in [5.41, 5.74) is 0. The summed E-state index contributed by atoms with van der Waals surface area (Å²) in [4.78, 5) is 0. The van der Waals surface area contributed by atoms with Crippen LogP contribution in [-0.2, 0) is 0 Å². The Balaban J connectivity index is 2.39. The molecule has 0 radical (unpaired) electrons. The maximum atomic E-state index is 9.09. The van der Waals surface area contributed by atoms with Crippen molar-refractivity contribution in [3.8, 4) is 0 Å². The SMILES string of the molecule is CCCC(NC(C)CO)C1CCCCC1. The Morgan fingerprint density at radius 3 is 2.47 bits per heavy atom. The number of rotatable bonds is 6. The summed E-state index contributed by atoms with van der Waals surface area (Å²) in [6.07, 6.45) is 9.50. The van der Waals surface area contributed by atoms with Gasteiger partial charge in [-0.15, -0.1) is 0 Å². The largest absolute Gasteiger partial charge is 0.395 e. The predicted octanol–water partition coefficient (Wildman–Crippen LogP) is 2.71. The second-order valence-corrected chi connectivity index (χ2v) is 5.04. The van der Waals surface area contributed by atoms with E-state index >= 15 is 0 Å². The van der Waals surface area contributed by atoms with Crippen molar-refractivity contribution in [3.05, 3.63) is 0 Å². The van der Waals surface area contributed by atoms with Crippen molar-refractivity contribution in [1.82, 2.24) is 5.32 Å². The minimum atomic E-state index is 0.253. The summed E-state index contributed by atoms with van der Waals surface area (Å²) in [5, 5.41) is 12.7. The van der Waals surface area contributed by atoms with Gasteiger partial charge < -0.3 is 10.4 Å². The van der Waals surface area contributed by atoms with Crippen LogP contribution in [0.25, 0.3) is 0 Å². The molecule has 0 heterocycles. The lowest BCUT2D eigenvalue weighted by atomic mass is 9.82. The molecule has 2 nitrogen and oxygen atoms in total. The average molecular weight is 213 g/mol. The standard InChI is InChI=1S/C13H27NO/c1-3-7-13(14-11(2)10-15)12-8-5-4-6-9-12/h11-15H,3-10H2,1-2H3. The molecular weight excluding hydrogens is 186 g/mol. The van der Waals surface area contributed by atoms with Crippen LogP contribution >= 0.6 is 0 Å². The van der Waals surface area contributed by atoms with Crippen LogP contribution in [0.1, 0.15) is 58.8 Å². The second-order valence-electron chi connectivity index (χ2n) is 5.04. The van der Waals surface area contributed by atoms with Gasteiger partial charge in [0.1, 0.15) is 0 Å². The molecule has 0 aromatic carbocycles. The number of hydrogen-bond donors (Lipinski definition) is 2. The molecule has 15 heavy (non-hydrogen) atoms. The Kier molecular flexibility index (Phi) is 6.26. The van der Waals surface area contributed by atoms with Crippen LogP contribution in [0.3, 0.4) is 0 Å². The third-order valence-electron chi connectivity index (χ3n) is 3.59. The molecule has 1 saturated carbocycles. The molecule has 2 heteroatoms. The first-order chi connectivity index (χ1) is 7.27.